The number of amides is 2. The third-order valence-corrected chi connectivity index (χ3v) is 10.4. The van der Waals surface area contributed by atoms with Gasteiger partial charge < -0.3 is 14.5 Å². The van der Waals surface area contributed by atoms with Gasteiger partial charge >= 0.3 is 6.03 Å². The zero-order chi connectivity index (χ0) is 24.0. The highest BCUT2D eigenvalue weighted by atomic mass is 32.2. The molecule has 0 bridgehead atoms. The highest BCUT2D eigenvalue weighted by molar-refractivity contribution is 7.89. The quantitative estimate of drug-likeness (QED) is 0.625. The molecule has 5 aliphatic rings. The summed E-state index contributed by atoms with van der Waals surface area (Å²) in [6, 6.07) is 7.20. The summed E-state index contributed by atoms with van der Waals surface area (Å²) in [7, 11) is -2.12. The Kier molecular flexibility index (Phi) is 4.44. The van der Waals surface area contributed by atoms with Gasteiger partial charge in [-0.1, -0.05) is 12.1 Å². The number of hydrogen-bond acceptors (Lipinski definition) is 6. The maximum absolute atomic E-state index is 13.0. The molecule has 2 aromatic rings. The molecule has 11 heteroatoms. The lowest BCUT2D eigenvalue weighted by Crippen LogP contribution is -2.76. The zero-order valence-electron chi connectivity index (χ0n) is 19.8. The Morgan fingerprint density at radius 3 is 2.31 bits per heavy atom. The Bertz CT molecular complexity index is 1280. The standard InChI is InChI=1S/C24H30N6O4S/c1-34-19-4-2-3-5-20(19)35(32,33)29-14-24(15-29)12-28(13-24)22(31)27-10-23(11-27)8-18(9-23)30-16-25-21(26-30)17-6-7-17/h2-5,16-18H,6-15H2,1H3. The van der Waals surface area contributed by atoms with Crippen LogP contribution in [0, 0.1) is 10.8 Å². The monoisotopic (exact) mass is 498 g/mol. The van der Waals surface area contributed by atoms with Crippen LogP contribution in [0.25, 0.3) is 0 Å². The van der Waals surface area contributed by atoms with Crippen molar-refractivity contribution in [1.29, 1.82) is 0 Å². The number of sulfonamides is 1. The smallest absolute Gasteiger partial charge is 0.320 e. The number of urea groups is 1. The fraction of sp³-hybridized carbons (Fsp3) is 0.625. The molecule has 0 unspecified atom stereocenters. The van der Waals surface area contributed by atoms with E-state index in [0.717, 1.165) is 31.8 Å². The van der Waals surface area contributed by atoms with E-state index in [1.165, 1.54) is 24.3 Å². The van der Waals surface area contributed by atoms with E-state index in [1.807, 2.05) is 20.8 Å². The Hall–Kier alpha value is -2.66. The van der Waals surface area contributed by atoms with Gasteiger partial charge in [0.05, 0.1) is 13.2 Å². The molecule has 0 radical (unpaired) electrons. The summed E-state index contributed by atoms with van der Waals surface area (Å²) < 4.78 is 34.8. The van der Waals surface area contributed by atoms with E-state index in [1.54, 1.807) is 24.3 Å². The third kappa shape index (κ3) is 3.31. The minimum absolute atomic E-state index is 0.0903. The molecule has 10 nitrogen and oxygen atoms in total. The van der Waals surface area contributed by atoms with Gasteiger partial charge in [0, 0.05) is 56.0 Å². The van der Waals surface area contributed by atoms with Crippen LogP contribution < -0.4 is 4.74 Å². The number of aromatic nitrogens is 3. The van der Waals surface area contributed by atoms with Crippen molar-refractivity contribution in [3.8, 4) is 5.75 Å². The van der Waals surface area contributed by atoms with Gasteiger partial charge in [-0.05, 0) is 37.8 Å². The molecule has 3 aliphatic heterocycles. The second-order valence-electron chi connectivity index (χ2n) is 11.3. The summed E-state index contributed by atoms with van der Waals surface area (Å²) in [6.07, 6.45) is 6.42. The molecule has 3 saturated heterocycles. The van der Waals surface area contributed by atoms with Crippen LogP contribution in [0.4, 0.5) is 4.79 Å². The molecule has 0 atom stereocenters. The van der Waals surface area contributed by atoms with Crippen LogP contribution in [-0.4, -0.2) is 89.7 Å². The first kappa shape index (κ1) is 21.6. The predicted molar refractivity (Wildman–Crippen MR) is 125 cm³/mol. The molecular weight excluding hydrogens is 468 g/mol. The van der Waals surface area contributed by atoms with Gasteiger partial charge in [-0.3, -0.25) is 0 Å². The zero-order valence-corrected chi connectivity index (χ0v) is 20.7. The van der Waals surface area contributed by atoms with Gasteiger partial charge in [-0.15, -0.1) is 0 Å². The van der Waals surface area contributed by atoms with Crippen LogP contribution in [0.1, 0.15) is 43.5 Å². The Morgan fingerprint density at radius 2 is 1.66 bits per heavy atom. The van der Waals surface area contributed by atoms with Gasteiger partial charge in [0.25, 0.3) is 0 Å². The van der Waals surface area contributed by atoms with Gasteiger partial charge in [0.2, 0.25) is 10.0 Å². The molecule has 7 rings (SSSR count). The minimum Gasteiger partial charge on any atom is -0.495 e. The van der Waals surface area contributed by atoms with Crippen molar-refractivity contribution in [2.45, 2.75) is 42.5 Å². The van der Waals surface area contributed by atoms with Gasteiger partial charge in [0.15, 0.2) is 5.82 Å². The van der Waals surface area contributed by atoms with Crippen molar-refractivity contribution < 1.29 is 17.9 Å². The number of hydrogen-bond donors (Lipinski definition) is 0. The summed E-state index contributed by atoms with van der Waals surface area (Å²) >= 11 is 0. The highest BCUT2D eigenvalue weighted by Crippen LogP contribution is 2.55. The third-order valence-electron chi connectivity index (χ3n) is 8.54. The Morgan fingerprint density at radius 1 is 1.00 bits per heavy atom. The molecule has 1 aromatic carbocycles. The van der Waals surface area contributed by atoms with Crippen LogP contribution in [0.5, 0.6) is 5.75 Å². The topological polar surface area (TPSA) is 101 Å². The number of likely N-dealkylation sites (tertiary alicyclic amines) is 2. The largest absolute Gasteiger partial charge is 0.495 e. The molecule has 0 N–H and O–H groups in total. The molecule has 1 aromatic heterocycles. The van der Waals surface area contributed by atoms with Gasteiger partial charge in [-0.2, -0.15) is 9.40 Å². The number of methoxy groups -OCH3 is 1. The number of ether oxygens (including phenoxy) is 1. The van der Waals surface area contributed by atoms with Crippen LogP contribution in [0.3, 0.4) is 0 Å². The SMILES string of the molecule is COc1ccccc1S(=O)(=O)N1CC2(CN(C(=O)N3CC4(CC(n5cnc(C6CC6)n5)C4)C3)C2)C1. The lowest BCUT2D eigenvalue weighted by Gasteiger charge is -2.63. The number of rotatable bonds is 5. The summed E-state index contributed by atoms with van der Waals surface area (Å²) in [5, 5.41) is 4.67. The van der Waals surface area contributed by atoms with Crippen molar-refractivity contribution in [3.05, 3.63) is 36.4 Å². The van der Waals surface area contributed by atoms with E-state index in [4.69, 9.17) is 4.74 Å². The van der Waals surface area contributed by atoms with Gasteiger partial charge in [-0.25, -0.2) is 22.9 Å². The Balaban J connectivity index is 0.892. The van der Waals surface area contributed by atoms with Crippen molar-refractivity contribution in [2.24, 2.45) is 10.8 Å². The van der Waals surface area contributed by atoms with E-state index in [-0.39, 0.29) is 21.8 Å². The second-order valence-corrected chi connectivity index (χ2v) is 13.2. The average Bonchev–Trinajstić information content (AvgIpc) is 3.47. The fourth-order valence-corrected chi connectivity index (χ4v) is 8.24. The van der Waals surface area contributed by atoms with Crippen LogP contribution in [0.15, 0.2) is 35.5 Å². The van der Waals surface area contributed by atoms with Crippen LogP contribution in [0.2, 0.25) is 0 Å². The molecule has 5 fully saturated rings. The molecule has 2 amide bonds. The number of para-hydroxylation sites is 1. The van der Waals surface area contributed by atoms with Crippen molar-refractivity contribution in [3.63, 3.8) is 0 Å². The average molecular weight is 499 g/mol. The lowest BCUT2D eigenvalue weighted by molar-refractivity contribution is -0.101. The lowest BCUT2D eigenvalue weighted by atomic mass is 9.60. The molecular formula is C24H30N6O4S. The summed E-state index contributed by atoms with van der Waals surface area (Å²) in [5.74, 6) is 1.93. The minimum atomic E-state index is -3.60. The Labute approximate surface area is 204 Å². The van der Waals surface area contributed by atoms with E-state index in [2.05, 4.69) is 10.1 Å². The molecule has 186 valence electrons. The maximum atomic E-state index is 13.0. The first-order valence-corrected chi connectivity index (χ1v) is 13.8. The fourth-order valence-electron chi connectivity index (χ4n) is 6.42. The normalized spacial score (nSPS) is 25.1. The first-order chi connectivity index (χ1) is 16.8. The van der Waals surface area contributed by atoms with Crippen molar-refractivity contribution in [1.82, 2.24) is 28.9 Å². The number of carbonyl (C=O) groups excluding carboxylic acids is 1. The molecule has 2 aliphatic carbocycles. The van der Waals surface area contributed by atoms with E-state index >= 15 is 0 Å². The summed E-state index contributed by atoms with van der Waals surface area (Å²) in [6.45, 7) is 3.76. The van der Waals surface area contributed by atoms with E-state index < -0.39 is 10.0 Å². The van der Waals surface area contributed by atoms with Crippen LogP contribution in [-0.2, 0) is 10.0 Å². The first-order valence-electron chi connectivity index (χ1n) is 12.4. The summed E-state index contributed by atoms with van der Waals surface area (Å²) in [4.78, 5) is 21.4. The molecule has 35 heavy (non-hydrogen) atoms. The van der Waals surface area contributed by atoms with E-state index in [0.29, 0.717) is 43.9 Å². The number of nitrogens with zero attached hydrogens (tertiary/aromatic N) is 6. The van der Waals surface area contributed by atoms with E-state index in [9.17, 15) is 13.2 Å². The molecule has 2 saturated carbocycles. The summed E-state index contributed by atoms with van der Waals surface area (Å²) in [5.41, 5.74) is 0.131. The maximum Gasteiger partial charge on any atom is 0.320 e. The number of carbonyl (C=O) groups is 1. The second kappa shape index (κ2) is 7.19. The van der Waals surface area contributed by atoms with Crippen molar-refractivity contribution >= 4 is 16.1 Å². The molecule has 4 heterocycles. The van der Waals surface area contributed by atoms with Crippen molar-refractivity contribution in [2.75, 3.05) is 46.4 Å². The number of benzene rings is 1. The van der Waals surface area contributed by atoms with Gasteiger partial charge in [0.1, 0.15) is 17.0 Å². The highest BCUT2D eigenvalue weighted by Gasteiger charge is 2.60. The predicted octanol–water partition coefficient (Wildman–Crippen LogP) is 1.93. The molecule has 2 spiro atoms. The van der Waals surface area contributed by atoms with Crippen LogP contribution >= 0.6 is 0 Å².